The molecule has 0 bridgehead atoms. The molecule has 0 radical (unpaired) electrons. The monoisotopic (exact) mass is 363 g/mol. The van der Waals surface area contributed by atoms with Crippen LogP contribution in [0.2, 0.25) is 0 Å². The second-order valence-corrected chi connectivity index (χ2v) is 5.03. The SMILES string of the molecule is CC(=NO)NC(=O)c1c(C(F)(F)F)ccnc1OC1OCCCCO1. The van der Waals surface area contributed by atoms with E-state index in [0.29, 0.717) is 32.1 Å². The lowest BCUT2D eigenvalue weighted by Crippen LogP contribution is -2.32. The minimum Gasteiger partial charge on any atom is -0.423 e. The summed E-state index contributed by atoms with van der Waals surface area (Å²) in [7, 11) is 0. The van der Waals surface area contributed by atoms with E-state index < -0.39 is 35.6 Å². The van der Waals surface area contributed by atoms with Gasteiger partial charge < -0.3 is 24.7 Å². The van der Waals surface area contributed by atoms with Gasteiger partial charge in [-0.2, -0.15) is 13.2 Å². The summed E-state index contributed by atoms with van der Waals surface area (Å²) < 4.78 is 55.4. The molecule has 1 aliphatic heterocycles. The molecule has 11 heteroatoms. The molecular formula is C14H16F3N3O5. The van der Waals surface area contributed by atoms with Crippen molar-refractivity contribution < 1.29 is 37.4 Å². The average molecular weight is 363 g/mol. The molecule has 0 unspecified atom stereocenters. The Balaban J connectivity index is 2.38. The molecule has 0 aliphatic carbocycles. The highest BCUT2D eigenvalue weighted by Gasteiger charge is 2.38. The van der Waals surface area contributed by atoms with Gasteiger partial charge >= 0.3 is 12.7 Å². The van der Waals surface area contributed by atoms with Gasteiger partial charge in [-0.3, -0.25) is 4.79 Å². The Hall–Kier alpha value is -2.40. The number of nitrogens with one attached hydrogen (secondary N) is 1. The van der Waals surface area contributed by atoms with E-state index >= 15 is 0 Å². The number of amidine groups is 1. The Bertz CT molecular complexity index is 643. The molecule has 1 aromatic heterocycles. The molecule has 1 aromatic rings. The number of hydrogen-bond acceptors (Lipinski definition) is 7. The van der Waals surface area contributed by atoms with Crippen LogP contribution in [0.3, 0.4) is 0 Å². The van der Waals surface area contributed by atoms with Crippen molar-refractivity contribution in [3.63, 3.8) is 0 Å². The standard InChI is InChI=1S/C14H16F3N3O5/c1-8(20-22)19-11(21)10-9(14(15,16)17)4-5-18-12(10)25-13-23-6-2-3-7-24-13/h4-5,13,22H,2-3,6-7H2,1H3,(H,19,20,21). The first kappa shape index (κ1) is 18.9. The zero-order chi connectivity index (χ0) is 18.4. The molecule has 25 heavy (non-hydrogen) atoms. The Morgan fingerprint density at radius 1 is 1.40 bits per heavy atom. The number of carbonyl (C=O) groups excluding carboxylic acids is 1. The fraction of sp³-hybridized carbons (Fsp3) is 0.500. The van der Waals surface area contributed by atoms with Gasteiger partial charge in [0.25, 0.3) is 5.91 Å². The lowest BCUT2D eigenvalue weighted by molar-refractivity contribution is -0.237. The van der Waals surface area contributed by atoms with Crippen LogP contribution in [0.4, 0.5) is 13.2 Å². The number of amides is 1. The summed E-state index contributed by atoms with van der Waals surface area (Å²) >= 11 is 0. The smallest absolute Gasteiger partial charge is 0.417 e. The third-order valence-corrected chi connectivity index (χ3v) is 3.15. The molecule has 0 spiro atoms. The summed E-state index contributed by atoms with van der Waals surface area (Å²) in [5, 5.41) is 13.3. The summed E-state index contributed by atoms with van der Waals surface area (Å²) in [4.78, 5) is 15.9. The molecule has 0 aromatic carbocycles. The maximum atomic E-state index is 13.2. The minimum atomic E-state index is -4.83. The van der Waals surface area contributed by atoms with Crippen molar-refractivity contribution in [1.82, 2.24) is 10.3 Å². The number of carbonyl (C=O) groups is 1. The maximum absolute atomic E-state index is 13.2. The van der Waals surface area contributed by atoms with Gasteiger partial charge in [0.1, 0.15) is 11.4 Å². The van der Waals surface area contributed by atoms with Crippen molar-refractivity contribution >= 4 is 11.7 Å². The first-order chi connectivity index (χ1) is 11.8. The van der Waals surface area contributed by atoms with Crippen molar-refractivity contribution in [1.29, 1.82) is 0 Å². The predicted octanol–water partition coefficient (Wildman–Crippen LogP) is 2.13. The lowest BCUT2D eigenvalue weighted by atomic mass is 10.1. The summed E-state index contributed by atoms with van der Waals surface area (Å²) in [6.45, 7) is 0.500. The van der Waals surface area contributed by atoms with Crippen LogP contribution in [0.25, 0.3) is 0 Å². The van der Waals surface area contributed by atoms with Gasteiger partial charge in [-0.05, 0) is 25.8 Å². The van der Waals surface area contributed by atoms with Gasteiger partial charge in [0, 0.05) is 6.20 Å². The topological polar surface area (TPSA) is 102 Å². The molecule has 2 heterocycles. The molecule has 1 aliphatic rings. The van der Waals surface area contributed by atoms with E-state index in [0.717, 1.165) is 6.20 Å². The van der Waals surface area contributed by atoms with E-state index in [4.69, 9.17) is 19.4 Å². The first-order valence-corrected chi connectivity index (χ1v) is 7.29. The van der Waals surface area contributed by atoms with Gasteiger partial charge in [0.15, 0.2) is 0 Å². The molecule has 1 amide bonds. The molecular weight excluding hydrogens is 347 g/mol. The Kier molecular flexibility index (Phi) is 6.15. The number of aromatic nitrogens is 1. The number of oxime groups is 1. The third kappa shape index (κ3) is 5.03. The number of ether oxygens (including phenoxy) is 3. The summed E-state index contributed by atoms with van der Waals surface area (Å²) in [6.07, 6.45) is -2.56. The van der Waals surface area contributed by atoms with E-state index in [-0.39, 0.29) is 5.84 Å². The Morgan fingerprint density at radius 2 is 2.04 bits per heavy atom. The van der Waals surface area contributed by atoms with Gasteiger partial charge in [-0.15, -0.1) is 0 Å². The van der Waals surface area contributed by atoms with Crippen molar-refractivity contribution in [2.45, 2.75) is 32.4 Å². The fourth-order valence-electron chi connectivity index (χ4n) is 2.01. The molecule has 0 saturated carbocycles. The van der Waals surface area contributed by atoms with E-state index in [1.807, 2.05) is 5.32 Å². The largest absolute Gasteiger partial charge is 0.423 e. The van der Waals surface area contributed by atoms with Gasteiger partial charge in [-0.1, -0.05) is 5.16 Å². The highest BCUT2D eigenvalue weighted by Crippen LogP contribution is 2.35. The number of halogens is 3. The summed E-state index contributed by atoms with van der Waals surface area (Å²) in [5.41, 5.74) is -2.12. The van der Waals surface area contributed by atoms with Crippen molar-refractivity contribution in [3.8, 4) is 5.88 Å². The second kappa shape index (κ2) is 8.12. The van der Waals surface area contributed by atoms with Crippen molar-refractivity contribution in [3.05, 3.63) is 23.4 Å². The molecule has 138 valence electrons. The molecule has 8 nitrogen and oxygen atoms in total. The quantitative estimate of drug-likeness (QED) is 0.369. The van der Waals surface area contributed by atoms with Gasteiger partial charge in [0.2, 0.25) is 5.88 Å². The van der Waals surface area contributed by atoms with Crippen LogP contribution in [0.15, 0.2) is 17.4 Å². The first-order valence-electron chi connectivity index (χ1n) is 7.29. The van der Waals surface area contributed by atoms with E-state index in [1.54, 1.807) is 0 Å². The normalized spacial score (nSPS) is 17.0. The number of rotatable bonds is 3. The van der Waals surface area contributed by atoms with Crippen LogP contribution >= 0.6 is 0 Å². The van der Waals surface area contributed by atoms with Crippen LogP contribution in [0.1, 0.15) is 35.7 Å². The van der Waals surface area contributed by atoms with Gasteiger partial charge in [-0.25, -0.2) is 4.98 Å². The highest BCUT2D eigenvalue weighted by molar-refractivity contribution is 6.07. The Labute approximate surface area is 140 Å². The predicted molar refractivity (Wildman–Crippen MR) is 77.2 cm³/mol. The average Bonchev–Trinajstić information content (AvgIpc) is 2.82. The highest BCUT2D eigenvalue weighted by atomic mass is 19.4. The molecule has 1 fully saturated rings. The zero-order valence-electron chi connectivity index (χ0n) is 13.2. The number of pyridine rings is 1. The zero-order valence-corrected chi connectivity index (χ0v) is 13.2. The van der Waals surface area contributed by atoms with Crippen molar-refractivity contribution in [2.24, 2.45) is 5.16 Å². The summed E-state index contributed by atoms with van der Waals surface area (Å²) in [5.74, 6) is -2.10. The number of hydrogen-bond donors (Lipinski definition) is 2. The van der Waals surface area contributed by atoms with Crippen LogP contribution in [0, 0.1) is 0 Å². The molecule has 2 rings (SSSR count). The fourth-order valence-corrected chi connectivity index (χ4v) is 2.01. The molecule has 0 atom stereocenters. The van der Waals surface area contributed by atoms with Gasteiger partial charge in [0.05, 0.1) is 18.8 Å². The van der Waals surface area contributed by atoms with E-state index in [2.05, 4.69) is 10.1 Å². The summed E-state index contributed by atoms with van der Waals surface area (Å²) in [6, 6.07) is 0.641. The maximum Gasteiger partial charge on any atom is 0.417 e. The van der Waals surface area contributed by atoms with Crippen molar-refractivity contribution in [2.75, 3.05) is 13.2 Å². The molecule has 2 N–H and O–H groups in total. The van der Waals surface area contributed by atoms with E-state index in [1.165, 1.54) is 6.92 Å². The number of alkyl halides is 3. The van der Waals surface area contributed by atoms with E-state index in [9.17, 15) is 18.0 Å². The number of nitrogens with zero attached hydrogens (tertiary/aromatic N) is 2. The molecule has 1 saturated heterocycles. The lowest BCUT2D eigenvalue weighted by Gasteiger charge is -2.20. The third-order valence-electron chi connectivity index (χ3n) is 3.15. The van der Waals surface area contributed by atoms with Crippen LogP contribution in [0.5, 0.6) is 5.88 Å². The second-order valence-electron chi connectivity index (χ2n) is 5.03. The van der Waals surface area contributed by atoms with Crippen LogP contribution < -0.4 is 10.1 Å². The Morgan fingerprint density at radius 3 is 2.60 bits per heavy atom. The minimum absolute atomic E-state index is 0.293. The van der Waals surface area contributed by atoms with Crippen LogP contribution in [-0.4, -0.2) is 41.6 Å². The van der Waals surface area contributed by atoms with Crippen LogP contribution in [-0.2, 0) is 15.7 Å².